The van der Waals surface area contributed by atoms with Crippen molar-refractivity contribution < 1.29 is 8.42 Å². The third kappa shape index (κ3) is 5.87. The van der Waals surface area contributed by atoms with Gasteiger partial charge in [0.1, 0.15) is 0 Å². The number of hydrogen-bond acceptors (Lipinski definition) is 4. The van der Waals surface area contributed by atoms with Gasteiger partial charge in [0.25, 0.3) is 0 Å². The van der Waals surface area contributed by atoms with E-state index in [9.17, 15) is 8.42 Å². The Morgan fingerprint density at radius 2 is 1.90 bits per heavy atom. The van der Waals surface area contributed by atoms with Crippen molar-refractivity contribution in [1.82, 2.24) is 15.0 Å². The van der Waals surface area contributed by atoms with Crippen molar-refractivity contribution in [2.24, 2.45) is 0 Å². The van der Waals surface area contributed by atoms with Crippen molar-refractivity contribution in [3.05, 3.63) is 78.6 Å². The van der Waals surface area contributed by atoms with Crippen molar-refractivity contribution in [3.63, 3.8) is 0 Å². The van der Waals surface area contributed by atoms with E-state index >= 15 is 0 Å². The Morgan fingerprint density at radius 1 is 1.14 bits per heavy atom. The van der Waals surface area contributed by atoms with Gasteiger partial charge in [-0.05, 0) is 43.0 Å². The van der Waals surface area contributed by atoms with Crippen LogP contribution in [-0.2, 0) is 16.4 Å². The summed E-state index contributed by atoms with van der Waals surface area (Å²) in [6, 6.07) is 15.1. The molecule has 0 aliphatic heterocycles. The fraction of sp³-hybridized carbons (Fsp3) is 0.227. The number of halogens is 1. The number of benzene rings is 2. The molecule has 0 aliphatic rings. The lowest BCUT2D eigenvalue weighted by molar-refractivity contribution is 0.537. The lowest BCUT2D eigenvalue weighted by Crippen LogP contribution is -2.40. The average molecular weight is 432 g/mol. The molecular weight excluding hydrogens is 406 g/mol. The fourth-order valence-corrected chi connectivity index (χ4v) is 4.65. The Labute approximate surface area is 178 Å². The number of rotatable bonds is 9. The van der Waals surface area contributed by atoms with E-state index in [0.29, 0.717) is 12.1 Å². The van der Waals surface area contributed by atoms with E-state index in [1.165, 1.54) is 5.56 Å². The van der Waals surface area contributed by atoms with Crippen LogP contribution >= 0.6 is 12.4 Å². The first-order valence-corrected chi connectivity index (χ1v) is 10.8. The molecule has 0 amide bonds. The van der Waals surface area contributed by atoms with Crippen LogP contribution in [0, 0.1) is 0 Å². The second kappa shape index (κ2) is 10.5. The minimum absolute atomic E-state index is 0. The molecule has 3 rings (SSSR count). The van der Waals surface area contributed by atoms with Crippen LogP contribution in [0.2, 0.25) is 0 Å². The maximum Gasteiger partial charge on any atom is 0.241 e. The molecule has 1 unspecified atom stereocenters. The molecule has 2 aromatic carbocycles. The van der Waals surface area contributed by atoms with Crippen LogP contribution in [-0.4, -0.2) is 32.5 Å². The standard InChI is InChI=1S/C22H25N3O2S.ClH/c1-3-20-21-12-14-24-16-19(21)9-10-22(20)28(26,27)25-17(2)15-23-13-11-18-7-5-4-6-8-18;/h3-10,12,14,16-17,23,25H,1,11,13,15H2,2H3;1H. The molecule has 29 heavy (non-hydrogen) atoms. The number of aromatic nitrogens is 1. The van der Waals surface area contributed by atoms with Gasteiger partial charge in [-0.3, -0.25) is 4.98 Å². The van der Waals surface area contributed by atoms with E-state index < -0.39 is 10.0 Å². The zero-order valence-corrected chi connectivity index (χ0v) is 18.0. The van der Waals surface area contributed by atoms with Crippen molar-refractivity contribution in [2.45, 2.75) is 24.3 Å². The monoisotopic (exact) mass is 431 g/mol. The number of fused-ring (bicyclic) bond motifs is 1. The Morgan fingerprint density at radius 3 is 2.62 bits per heavy atom. The summed E-state index contributed by atoms with van der Waals surface area (Å²) in [7, 11) is -3.66. The first kappa shape index (κ1) is 23.0. The van der Waals surface area contributed by atoms with Crippen LogP contribution in [0.15, 0.2) is 72.4 Å². The second-order valence-electron chi connectivity index (χ2n) is 6.74. The minimum Gasteiger partial charge on any atom is -0.315 e. The summed E-state index contributed by atoms with van der Waals surface area (Å²) < 4.78 is 28.6. The summed E-state index contributed by atoms with van der Waals surface area (Å²) in [4.78, 5) is 4.32. The summed E-state index contributed by atoms with van der Waals surface area (Å²) in [6.07, 6.45) is 5.85. The highest BCUT2D eigenvalue weighted by atomic mass is 35.5. The van der Waals surface area contributed by atoms with E-state index in [-0.39, 0.29) is 23.3 Å². The average Bonchev–Trinajstić information content (AvgIpc) is 2.70. The van der Waals surface area contributed by atoms with Gasteiger partial charge in [-0.1, -0.05) is 49.1 Å². The van der Waals surface area contributed by atoms with Gasteiger partial charge in [-0.15, -0.1) is 12.4 Å². The largest absolute Gasteiger partial charge is 0.315 e. The van der Waals surface area contributed by atoms with Crippen LogP contribution in [0.25, 0.3) is 16.8 Å². The highest BCUT2D eigenvalue weighted by Crippen LogP contribution is 2.26. The number of hydrogen-bond donors (Lipinski definition) is 2. The quantitative estimate of drug-likeness (QED) is 0.505. The molecule has 5 nitrogen and oxygen atoms in total. The molecule has 0 radical (unpaired) electrons. The van der Waals surface area contributed by atoms with Gasteiger partial charge in [0.15, 0.2) is 0 Å². The highest BCUT2D eigenvalue weighted by molar-refractivity contribution is 7.89. The summed E-state index contributed by atoms with van der Waals surface area (Å²) in [5.74, 6) is 0. The third-order valence-electron chi connectivity index (χ3n) is 4.56. The summed E-state index contributed by atoms with van der Waals surface area (Å²) >= 11 is 0. The van der Waals surface area contributed by atoms with Crippen LogP contribution in [0.3, 0.4) is 0 Å². The van der Waals surface area contributed by atoms with Crippen LogP contribution in [0.4, 0.5) is 0 Å². The predicted octanol–water partition coefficient (Wildman–Crippen LogP) is 3.80. The van der Waals surface area contributed by atoms with Gasteiger partial charge >= 0.3 is 0 Å². The zero-order chi connectivity index (χ0) is 20.0. The summed E-state index contributed by atoms with van der Waals surface area (Å²) in [6.45, 7) is 6.99. The van der Waals surface area contributed by atoms with Crippen LogP contribution < -0.4 is 10.0 Å². The van der Waals surface area contributed by atoms with E-state index in [1.807, 2.05) is 25.1 Å². The van der Waals surface area contributed by atoms with E-state index in [1.54, 1.807) is 36.7 Å². The second-order valence-corrected chi connectivity index (χ2v) is 8.42. The van der Waals surface area contributed by atoms with Gasteiger partial charge < -0.3 is 5.32 Å². The van der Waals surface area contributed by atoms with Crippen LogP contribution in [0.5, 0.6) is 0 Å². The first-order chi connectivity index (χ1) is 13.5. The molecule has 3 aromatic rings. The smallest absolute Gasteiger partial charge is 0.241 e. The van der Waals surface area contributed by atoms with Crippen molar-refractivity contribution in [2.75, 3.05) is 13.1 Å². The molecular formula is C22H26ClN3O2S. The van der Waals surface area contributed by atoms with E-state index in [0.717, 1.165) is 23.7 Å². The number of nitrogens with zero attached hydrogens (tertiary/aromatic N) is 1. The Balaban J connectivity index is 0.00000300. The molecule has 0 aliphatic carbocycles. The van der Waals surface area contributed by atoms with Gasteiger partial charge in [-0.25, -0.2) is 13.1 Å². The Bertz CT molecular complexity index is 1060. The summed E-state index contributed by atoms with van der Waals surface area (Å²) in [5, 5.41) is 5.01. The molecule has 1 heterocycles. The normalized spacial score (nSPS) is 12.3. The third-order valence-corrected chi connectivity index (χ3v) is 6.20. The van der Waals surface area contributed by atoms with Crippen LogP contribution in [0.1, 0.15) is 18.1 Å². The number of sulfonamides is 1. The first-order valence-electron chi connectivity index (χ1n) is 9.27. The van der Waals surface area contributed by atoms with Gasteiger partial charge in [0, 0.05) is 35.9 Å². The fourth-order valence-electron chi connectivity index (χ4n) is 3.18. The Kier molecular flexibility index (Phi) is 8.34. The minimum atomic E-state index is -3.66. The topological polar surface area (TPSA) is 71.1 Å². The predicted molar refractivity (Wildman–Crippen MR) is 122 cm³/mol. The van der Waals surface area contributed by atoms with E-state index in [4.69, 9.17) is 0 Å². The van der Waals surface area contributed by atoms with Gasteiger partial charge in [0.05, 0.1) is 4.90 Å². The molecule has 0 bridgehead atoms. The maximum absolute atomic E-state index is 12.9. The van der Waals surface area contributed by atoms with Gasteiger partial charge in [-0.2, -0.15) is 0 Å². The molecule has 0 saturated heterocycles. The molecule has 0 spiro atoms. The number of nitrogens with one attached hydrogen (secondary N) is 2. The van der Waals surface area contributed by atoms with Crippen molar-refractivity contribution in [1.29, 1.82) is 0 Å². The lowest BCUT2D eigenvalue weighted by Gasteiger charge is -2.17. The maximum atomic E-state index is 12.9. The SMILES string of the molecule is C=Cc1c(S(=O)(=O)NC(C)CNCCc2ccccc2)ccc2cnccc12.Cl. The molecule has 0 saturated carbocycles. The van der Waals surface area contributed by atoms with E-state index in [2.05, 4.69) is 33.7 Å². The number of pyridine rings is 1. The zero-order valence-electron chi connectivity index (χ0n) is 16.3. The van der Waals surface area contributed by atoms with Crippen molar-refractivity contribution in [3.8, 4) is 0 Å². The molecule has 0 fully saturated rings. The molecule has 2 N–H and O–H groups in total. The highest BCUT2D eigenvalue weighted by Gasteiger charge is 2.21. The lowest BCUT2D eigenvalue weighted by atomic mass is 10.1. The van der Waals surface area contributed by atoms with Gasteiger partial charge in [0.2, 0.25) is 10.0 Å². The molecule has 154 valence electrons. The molecule has 1 atom stereocenters. The molecule has 1 aromatic heterocycles. The van der Waals surface area contributed by atoms with Crippen molar-refractivity contribution >= 4 is 39.3 Å². The Hall–Kier alpha value is -2.25. The molecule has 7 heteroatoms. The summed E-state index contributed by atoms with van der Waals surface area (Å²) in [5.41, 5.74) is 1.85.